The van der Waals surface area contributed by atoms with Gasteiger partial charge in [0.05, 0.1) is 0 Å². The molecule has 0 fully saturated rings. The summed E-state index contributed by atoms with van der Waals surface area (Å²) in [5.41, 5.74) is 2.46. The predicted molar refractivity (Wildman–Crippen MR) is 84.5 cm³/mol. The van der Waals surface area contributed by atoms with Gasteiger partial charge in [-0.25, -0.2) is 0 Å². The van der Waals surface area contributed by atoms with Crippen molar-refractivity contribution in [2.45, 2.75) is 13.8 Å². The molecule has 0 unspecified atom stereocenters. The fourth-order valence-electron chi connectivity index (χ4n) is 2.27. The number of rotatable bonds is 5. The molecule has 0 aliphatic heterocycles. The van der Waals surface area contributed by atoms with Crippen LogP contribution in [0.15, 0.2) is 18.2 Å². The Labute approximate surface area is 118 Å². The fraction of sp³-hybridized carbons (Fsp3) is 0.571. The minimum absolute atomic E-state index is 0.962. The molecule has 0 aliphatic carbocycles. The van der Waals surface area contributed by atoms with Crippen molar-refractivity contribution in [1.82, 2.24) is 14.0 Å². The van der Waals surface area contributed by atoms with Crippen LogP contribution in [0.1, 0.15) is 11.1 Å². The van der Waals surface area contributed by atoms with Gasteiger partial charge in [0.1, 0.15) is 0 Å². The van der Waals surface area contributed by atoms with Gasteiger partial charge >= 0.3 is 7.94 Å². The minimum Gasteiger partial charge on any atom is -0.291 e. The van der Waals surface area contributed by atoms with Crippen LogP contribution in [0.4, 0.5) is 0 Å². The average Bonchev–Trinajstić information content (AvgIpc) is 2.29. The Morgan fingerprint density at radius 3 is 1.74 bits per heavy atom. The zero-order chi connectivity index (χ0) is 14.8. The standard InChI is InChI=1S/C14H27N3OP/c1-12-10-9-11-14(13(12)2)18-19(15(3)4,16(5)6)17(7)8/h9-11H,1-8H3/q+1. The van der Waals surface area contributed by atoms with Crippen LogP contribution < -0.4 is 4.52 Å². The normalized spacial score (nSPS) is 12.6. The van der Waals surface area contributed by atoms with Gasteiger partial charge in [-0.05, 0) is 31.0 Å². The van der Waals surface area contributed by atoms with Crippen molar-refractivity contribution in [1.29, 1.82) is 0 Å². The van der Waals surface area contributed by atoms with E-state index in [0.717, 1.165) is 5.75 Å². The molecule has 0 bridgehead atoms. The molecule has 0 amide bonds. The molecule has 0 saturated heterocycles. The third-order valence-corrected chi connectivity index (χ3v) is 6.91. The molecule has 4 nitrogen and oxygen atoms in total. The van der Waals surface area contributed by atoms with Gasteiger partial charge in [0, 0.05) is 42.3 Å². The molecular weight excluding hydrogens is 257 g/mol. The number of aryl methyl sites for hydroxylation is 1. The molecule has 19 heavy (non-hydrogen) atoms. The summed E-state index contributed by atoms with van der Waals surface area (Å²) in [7, 11) is 10.4. The molecule has 0 atom stereocenters. The molecule has 0 N–H and O–H groups in total. The van der Waals surface area contributed by atoms with Crippen molar-refractivity contribution in [3.05, 3.63) is 29.3 Å². The Hall–Kier alpha value is -0.670. The van der Waals surface area contributed by atoms with E-state index >= 15 is 0 Å². The SMILES string of the molecule is Cc1cccc(O[P+](N(C)C)(N(C)C)N(C)C)c1C. The van der Waals surface area contributed by atoms with Gasteiger partial charge in [-0.15, -0.1) is 14.0 Å². The molecule has 108 valence electrons. The van der Waals surface area contributed by atoms with Crippen LogP contribution in [0.2, 0.25) is 0 Å². The first-order chi connectivity index (χ1) is 8.73. The first-order valence-corrected chi connectivity index (χ1v) is 7.98. The van der Waals surface area contributed by atoms with Crippen LogP contribution in [0, 0.1) is 13.8 Å². The summed E-state index contributed by atoms with van der Waals surface area (Å²) in [4.78, 5) is 0. The lowest BCUT2D eigenvalue weighted by molar-refractivity contribution is 0.350. The molecule has 0 heterocycles. The molecule has 0 radical (unpaired) electrons. The van der Waals surface area contributed by atoms with E-state index in [-0.39, 0.29) is 0 Å². The maximum Gasteiger partial charge on any atom is 0.416 e. The zero-order valence-electron chi connectivity index (χ0n) is 13.4. The van der Waals surface area contributed by atoms with Gasteiger partial charge in [0.25, 0.3) is 0 Å². The molecular formula is C14H27N3OP+. The largest absolute Gasteiger partial charge is 0.416 e. The van der Waals surface area contributed by atoms with Crippen LogP contribution >= 0.6 is 7.94 Å². The highest BCUT2D eigenvalue weighted by Gasteiger charge is 2.52. The van der Waals surface area contributed by atoms with E-state index in [1.54, 1.807) is 0 Å². The third-order valence-electron chi connectivity index (χ3n) is 3.34. The lowest BCUT2D eigenvalue weighted by Crippen LogP contribution is -2.39. The van der Waals surface area contributed by atoms with E-state index in [1.165, 1.54) is 11.1 Å². The number of hydrogen-bond donors (Lipinski definition) is 0. The van der Waals surface area contributed by atoms with Gasteiger partial charge < -0.3 is 0 Å². The Bertz CT molecular complexity index is 411. The van der Waals surface area contributed by atoms with Gasteiger partial charge in [-0.3, -0.25) is 4.52 Å². The van der Waals surface area contributed by atoms with Crippen molar-refractivity contribution in [3.63, 3.8) is 0 Å². The average molecular weight is 284 g/mol. The molecule has 5 heteroatoms. The molecule has 0 aliphatic rings. The Balaban J connectivity index is 3.25. The van der Waals surface area contributed by atoms with Crippen molar-refractivity contribution in [2.24, 2.45) is 0 Å². The topological polar surface area (TPSA) is 19.0 Å². The quantitative estimate of drug-likeness (QED) is 0.774. The lowest BCUT2D eigenvalue weighted by Gasteiger charge is -2.37. The highest BCUT2D eigenvalue weighted by Crippen LogP contribution is 2.64. The molecule has 0 saturated carbocycles. The second-order valence-electron chi connectivity index (χ2n) is 5.34. The summed E-state index contributed by atoms with van der Waals surface area (Å²) in [6, 6.07) is 6.21. The summed E-state index contributed by atoms with van der Waals surface area (Å²) < 4.78 is 13.0. The van der Waals surface area contributed by atoms with Crippen molar-refractivity contribution in [2.75, 3.05) is 42.3 Å². The van der Waals surface area contributed by atoms with E-state index < -0.39 is 7.94 Å². The van der Waals surface area contributed by atoms with E-state index in [9.17, 15) is 0 Å². The minimum atomic E-state index is -1.98. The van der Waals surface area contributed by atoms with Crippen LogP contribution in [-0.2, 0) is 0 Å². The van der Waals surface area contributed by atoms with Gasteiger partial charge in [-0.2, -0.15) is 0 Å². The summed E-state index contributed by atoms with van der Waals surface area (Å²) in [5, 5.41) is 0. The summed E-state index contributed by atoms with van der Waals surface area (Å²) >= 11 is 0. The van der Waals surface area contributed by atoms with E-state index in [1.807, 2.05) is 12.1 Å². The maximum absolute atomic E-state index is 6.49. The number of nitrogens with zero attached hydrogens (tertiary/aromatic N) is 3. The Morgan fingerprint density at radius 2 is 1.32 bits per heavy atom. The number of benzene rings is 1. The highest BCUT2D eigenvalue weighted by molar-refractivity contribution is 7.64. The summed E-state index contributed by atoms with van der Waals surface area (Å²) in [5.74, 6) is 0.962. The second-order valence-corrected chi connectivity index (χ2v) is 8.95. The monoisotopic (exact) mass is 284 g/mol. The first-order valence-electron chi connectivity index (χ1n) is 6.41. The maximum atomic E-state index is 6.49. The van der Waals surface area contributed by atoms with Crippen LogP contribution in [0.5, 0.6) is 5.75 Å². The summed E-state index contributed by atoms with van der Waals surface area (Å²) in [6.07, 6.45) is 0. The first kappa shape index (κ1) is 16.4. The van der Waals surface area contributed by atoms with Crippen LogP contribution in [0.25, 0.3) is 0 Å². The Morgan fingerprint density at radius 1 is 0.842 bits per heavy atom. The van der Waals surface area contributed by atoms with Gasteiger partial charge in [0.15, 0.2) is 5.75 Å². The van der Waals surface area contributed by atoms with E-state index in [0.29, 0.717) is 0 Å². The van der Waals surface area contributed by atoms with Gasteiger partial charge in [-0.1, -0.05) is 12.1 Å². The van der Waals surface area contributed by atoms with Crippen molar-refractivity contribution in [3.8, 4) is 5.75 Å². The van der Waals surface area contributed by atoms with Crippen LogP contribution in [-0.4, -0.2) is 56.3 Å². The summed E-state index contributed by atoms with van der Waals surface area (Å²) in [6.45, 7) is 4.23. The molecule has 1 rings (SSSR count). The molecule has 0 aromatic heterocycles. The molecule has 1 aromatic rings. The van der Waals surface area contributed by atoms with Gasteiger partial charge in [0.2, 0.25) is 0 Å². The van der Waals surface area contributed by atoms with Crippen LogP contribution in [0.3, 0.4) is 0 Å². The second kappa shape index (κ2) is 6.19. The Kier molecular flexibility index (Phi) is 5.34. The van der Waals surface area contributed by atoms with E-state index in [4.69, 9.17) is 4.52 Å². The van der Waals surface area contributed by atoms with Crippen molar-refractivity contribution >= 4 is 7.94 Å². The molecule has 0 spiro atoms. The smallest absolute Gasteiger partial charge is 0.291 e. The predicted octanol–water partition coefficient (Wildman–Crippen LogP) is 3.04. The number of hydrogen-bond acceptors (Lipinski definition) is 4. The van der Waals surface area contributed by atoms with Crippen molar-refractivity contribution < 1.29 is 4.52 Å². The lowest BCUT2D eigenvalue weighted by atomic mass is 10.1. The van der Waals surface area contributed by atoms with E-state index in [2.05, 4.69) is 76.2 Å². The molecule has 1 aromatic carbocycles. The fourth-order valence-corrected chi connectivity index (χ4v) is 5.37. The highest BCUT2D eigenvalue weighted by atomic mass is 31.2. The zero-order valence-corrected chi connectivity index (χ0v) is 14.3. The third kappa shape index (κ3) is 3.09.